The van der Waals surface area contributed by atoms with E-state index in [2.05, 4.69) is 10.3 Å². The molecule has 6 heteroatoms. The Morgan fingerprint density at radius 1 is 1.40 bits per heavy atom. The summed E-state index contributed by atoms with van der Waals surface area (Å²) in [5, 5.41) is 3.89. The molecular formula is C19H24ClN3O2. The molecule has 3 rings (SSSR count). The second-order valence-corrected chi connectivity index (χ2v) is 6.97. The number of nitrogens with one attached hydrogen (secondary N) is 1. The van der Waals surface area contributed by atoms with Crippen LogP contribution in [0.5, 0.6) is 0 Å². The molecule has 0 spiro atoms. The Hall–Kier alpha value is -1.85. The highest BCUT2D eigenvalue weighted by Gasteiger charge is 2.23. The average Bonchev–Trinajstić information content (AvgIpc) is 3.10. The molecule has 1 fully saturated rings. The molecule has 0 bridgehead atoms. The first-order valence-corrected chi connectivity index (χ1v) is 9.16. The molecule has 1 saturated heterocycles. The largest absolute Gasteiger partial charge is 0.441 e. The van der Waals surface area contributed by atoms with Gasteiger partial charge < -0.3 is 14.6 Å². The molecule has 5 nitrogen and oxygen atoms in total. The fraction of sp³-hybridized carbons (Fsp3) is 0.474. The predicted octanol–water partition coefficient (Wildman–Crippen LogP) is 3.39. The summed E-state index contributed by atoms with van der Waals surface area (Å²) in [6, 6.07) is 7.43. The minimum atomic E-state index is 0.187. The molecule has 1 amide bonds. The second kappa shape index (κ2) is 8.50. The van der Waals surface area contributed by atoms with Gasteiger partial charge in [0, 0.05) is 36.5 Å². The number of aryl methyl sites for hydroxylation is 1. The second-order valence-electron chi connectivity index (χ2n) is 6.53. The van der Waals surface area contributed by atoms with Crippen LogP contribution in [0.15, 0.2) is 34.9 Å². The first kappa shape index (κ1) is 18.0. The number of carbonyl (C=O) groups excluding carboxylic acids is 1. The molecule has 1 aromatic carbocycles. The van der Waals surface area contributed by atoms with Crippen LogP contribution in [-0.4, -0.2) is 42.5 Å². The summed E-state index contributed by atoms with van der Waals surface area (Å²) < 4.78 is 5.77. The first-order valence-electron chi connectivity index (χ1n) is 8.78. The van der Waals surface area contributed by atoms with Crippen LogP contribution in [0.25, 0.3) is 11.3 Å². The van der Waals surface area contributed by atoms with E-state index < -0.39 is 0 Å². The topological polar surface area (TPSA) is 58.4 Å². The van der Waals surface area contributed by atoms with E-state index >= 15 is 0 Å². The third kappa shape index (κ3) is 4.83. The highest BCUT2D eigenvalue weighted by Crippen LogP contribution is 2.23. The van der Waals surface area contributed by atoms with Gasteiger partial charge in [-0.2, -0.15) is 0 Å². The van der Waals surface area contributed by atoms with E-state index in [9.17, 15) is 4.79 Å². The quantitative estimate of drug-likeness (QED) is 0.856. The molecule has 1 N–H and O–H groups in total. The number of halogens is 1. The Morgan fingerprint density at radius 2 is 2.20 bits per heavy atom. The Bertz CT molecular complexity index is 697. The molecule has 25 heavy (non-hydrogen) atoms. The number of rotatable bonds is 6. The summed E-state index contributed by atoms with van der Waals surface area (Å²) >= 11 is 5.90. The molecule has 2 aromatic rings. The maximum Gasteiger partial charge on any atom is 0.223 e. The van der Waals surface area contributed by atoms with Crippen molar-refractivity contribution in [3.05, 3.63) is 41.4 Å². The molecule has 0 saturated carbocycles. The fourth-order valence-corrected chi connectivity index (χ4v) is 3.42. The van der Waals surface area contributed by atoms with E-state index in [-0.39, 0.29) is 5.91 Å². The van der Waals surface area contributed by atoms with Crippen LogP contribution in [0.2, 0.25) is 5.02 Å². The molecule has 1 aliphatic heterocycles. The summed E-state index contributed by atoms with van der Waals surface area (Å²) in [6.07, 6.45) is 4.94. The number of oxazole rings is 1. The average molecular weight is 362 g/mol. The Morgan fingerprint density at radius 3 is 2.96 bits per heavy atom. The van der Waals surface area contributed by atoms with Gasteiger partial charge >= 0.3 is 0 Å². The van der Waals surface area contributed by atoms with Crippen molar-refractivity contribution in [2.24, 2.45) is 5.92 Å². The number of aromatic nitrogens is 1. The summed E-state index contributed by atoms with van der Waals surface area (Å²) in [6.45, 7) is 2.68. The lowest BCUT2D eigenvalue weighted by molar-refractivity contribution is -0.133. The number of hydrogen-bond acceptors (Lipinski definition) is 4. The summed E-state index contributed by atoms with van der Waals surface area (Å²) in [7, 11) is 1.96. The summed E-state index contributed by atoms with van der Waals surface area (Å²) in [5.41, 5.74) is 0.931. The van der Waals surface area contributed by atoms with Gasteiger partial charge in [0.2, 0.25) is 5.91 Å². The molecule has 0 radical (unpaired) electrons. The van der Waals surface area contributed by atoms with Crippen LogP contribution in [-0.2, 0) is 11.2 Å². The summed E-state index contributed by atoms with van der Waals surface area (Å²) in [4.78, 5) is 18.7. The van der Waals surface area contributed by atoms with Crippen molar-refractivity contribution >= 4 is 17.5 Å². The van der Waals surface area contributed by atoms with E-state index in [1.165, 1.54) is 6.42 Å². The van der Waals surface area contributed by atoms with Crippen LogP contribution < -0.4 is 5.32 Å². The van der Waals surface area contributed by atoms with Gasteiger partial charge in [0.25, 0.3) is 0 Å². The zero-order valence-electron chi connectivity index (χ0n) is 14.5. The van der Waals surface area contributed by atoms with Gasteiger partial charge in [0.1, 0.15) is 0 Å². The van der Waals surface area contributed by atoms with Gasteiger partial charge in [0.15, 0.2) is 11.7 Å². The minimum absolute atomic E-state index is 0.187. The van der Waals surface area contributed by atoms with Crippen LogP contribution >= 0.6 is 11.6 Å². The van der Waals surface area contributed by atoms with Crippen molar-refractivity contribution in [2.45, 2.75) is 25.7 Å². The first-order chi connectivity index (χ1) is 12.2. The van der Waals surface area contributed by atoms with Gasteiger partial charge in [-0.05, 0) is 56.6 Å². The molecule has 134 valence electrons. The van der Waals surface area contributed by atoms with Crippen LogP contribution in [0.3, 0.4) is 0 Å². The SMILES string of the molecule is CNCC1CCCN(C(=O)CCc2ncc(-c3ccc(Cl)cc3)o2)C1. The zero-order valence-corrected chi connectivity index (χ0v) is 15.3. The predicted molar refractivity (Wildman–Crippen MR) is 98.5 cm³/mol. The smallest absolute Gasteiger partial charge is 0.223 e. The van der Waals surface area contributed by atoms with Gasteiger partial charge in [-0.1, -0.05) is 11.6 Å². The lowest BCUT2D eigenvalue weighted by Crippen LogP contribution is -2.42. The van der Waals surface area contributed by atoms with E-state index in [0.29, 0.717) is 35.4 Å². The number of nitrogens with zero attached hydrogens (tertiary/aromatic N) is 2. The van der Waals surface area contributed by atoms with E-state index in [1.807, 2.05) is 36.2 Å². The van der Waals surface area contributed by atoms with Crippen LogP contribution in [0.1, 0.15) is 25.2 Å². The highest BCUT2D eigenvalue weighted by atomic mass is 35.5. The monoisotopic (exact) mass is 361 g/mol. The van der Waals surface area contributed by atoms with Crippen molar-refractivity contribution < 1.29 is 9.21 Å². The number of piperidine rings is 1. The molecule has 1 aliphatic rings. The molecule has 1 atom stereocenters. The van der Waals surface area contributed by atoms with Crippen molar-refractivity contribution in [3.8, 4) is 11.3 Å². The number of amides is 1. The number of hydrogen-bond donors (Lipinski definition) is 1. The maximum atomic E-state index is 12.5. The van der Waals surface area contributed by atoms with Gasteiger partial charge in [-0.3, -0.25) is 4.79 Å². The number of likely N-dealkylation sites (tertiary alicyclic amines) is 1. The Kier molecular flexibility index (Phi) is 6.10. The highest BCUT2D eigenvalue weighted by molar-refractivity contribution is 6.30. The number of carbonyl (C=O) groups is 1. The fourth-order valence-electron chi connectivity index (χ4n) is 3.29. The Labute approximate surface area is 153 Å². The van der Waals surface area contributed by atoms with E-state index in [0.717, 1.165) is 31.6 Å². The van der Waals surface area contributed by atoms with Crippen molar-refractivity contribution in [2.75, 3.05) is 26.7 Å². The van der Waals surface area contributed by atoms with Crippen LogP contribution in [0, 0.1) is 5.92 Å². The van der Waals surface area contributed by atoms with Gasteiger partial charge in [-0.15, -0.1) is 0 Å². The Balaban J connectivity index is 1.53. The molecule has 1 aromatic heterocycles. The lowest BCUT2D eigenvalue weighted by Gasteiger charge is -2.32. The van der Waals surface area contributed by atoms with Gasteiger partial charge in [0.05, 0.1) is 6.20 Å². The van der Waals surface area contributed by atoms with Crippen molar-refractivity contribution in [1.82, 2.24) is 15.2 Å². The normalized spacial score (nSPS) is 17.7. The molecule has 1 unspecified atom stereocenters. The molecular weight excluding hydrogens is 338 g/mol. The maximum absolute atomic E-state index is 12.5. The van der Waals surface area contributed by atoms with Crippen LogP contribution in [0.4, 0.5) is 0 Å². The van der Waals surface area contributed by atoms with Crippen molar-refractivity contribution in [1.29, 1.82) is 0 Å². The number of benzene rings is 1. The van der Waals surface area contributed by atoms with Crippen molar-refractivity contribution in [3.63, 3.8) is 0 Å². The molecule has 0 aliphatic carbocycles. The lowest BCUT2D eigenvalue weighted by atomic mass is 9.97. The zero-order chi connectivity index (χ0) is 17.6. The minimum Gasteiger partial charge on any atom is -0.441 e. The molecule has 2 heterocycles. The van der Waals surface area contributed by atoms with Gasteiger partial charge in [-0.25, -0.2) is 4.98 Å². The standard InChI is InChI=1S/C19H24ClN3O2/c1-21-11-14-3-2-10-23(13-14)19(24)9-8-18-22-12-17(25-18)15-4-6-16(20)7-5-15/h4-7,12,14,21H,2-3,8-11,13H2,1H3. The third-order valence-corrected chi connectivity index (χ3v) is 4.85. The van der Waals surface area contributed by atoms with E-state index in [4.69, 9.17) is 16.0 Å². The summed E-state index contributed by atoms with van der Waals surface area (Å²) in [5.74, 6) is 2.04. The van der Waals surface area contributed by atoms with E-state index in [1.54, 1.807) is 6.20 Å². The third-order valence-electron chi connectivity index (χ3n) is 4.60.